The number of pyridine rings is 1. The second kappa shape index (κ2) is 8.83. The number of nitrogens with zero attached hydrogens (tertiary/aromatic N) is 5. The first kappa shape index (κ1) is 20.2. The SMILES string of the molecule is O=c1c2cccn2c2nc(Cl)ccc2n1CCCN1CCN(Cc2ccccc2)CC1. The van der Waals surface area contributed by atoms with Gasteiger partial charge in [-0.05, 0) is 42.8 Å². The summed E-state index contributed by atoms with van der Waals surface area (Å²) >= 11 is 6.12. The van der Waals surface area contributed by atoms with Crippen molar-refractivity contribution in [2.24, 2.45) is 0 Å². The summed E-state index contributed by atoms with van der Waals surface area (Å²) < 4.78 is 3.67. The van der Waals surface area contributed by atoms with Gasteiger partial charge in [0.05, 0.1) is 5.52 Å². The highest BCUT2D eigenvalue weighted by Gasteiger charge is 2.17. The Morgan fingerprint density at radius 3 is 2.42 bits per heavy atom. The van der Waals surface area contributed by atoms with E-state index in [1.807, 2.05) is 33.4 Å². The summed E-state index contributed by atoms with van der Waals surface area (Å²) in [5.41, 5.74) is 3.58. The fourth-order valence-corrected chi connectivity index (χ4v) is 4.62. The maximum Gasteiger partial charge on any atom is 0.275 e. The summed E-state index contributed by atoms with van der Waals surface area (Å²) in [7, 11) is 0. The van der Waals surface area contributed by atoms with E-state index >= 15 is 0 Å². The first-order chi connectivity index (χ1) is 15.2. The monoisotopic (exact) mass is 435 g/mol. The number of benzene rings is 1. The number of piperazine rings is 1. The lowest BCUT2D eigenvalue weighted by Gasteiger charge is -2.34. The minimum Gasteiger partial charge on any atom is -0.304 e. The van der Waals surface area contributed by atoms with Gasteiger partial charge >= 0.3 is 0 Å². The van der Waals surface area contributed by atoms with Gasteiger partial charge in [-0.25, -0.2) is 4.98 Å². The molecule has 0 aliphatic carbocycles. The number of aromatic nitrogens is 3. The van der Waals surface area contributed by atoms with Gasteiger partial charge in [-0.3, -0.25) is 14.1 Å². The molecule has 0 unspecified atom stereocenters. The predicted octanol–water partition coefficient (Wildman–Crippen LogP) is 3.51. The van der Waals surface area contributed by atoms with Crippen LogP contribution in [0.1, 0.15) is 12.0 Å². The van der Waals surface area contributed by atoms with Crippen molar-refractivity contribution < 1.29 is 0 Å². The van der Waals surface area contributed by atoms with Crippen molar-refractivity contribution in [3.8, 4) is 0 Å². The van der Waals surface area contributed by atoms with Crippen molar-refractivity contribution in [1.82, 2.24) is 23.8 Å². The summed E-state index contributed by atoms with van der Waals surface area (Å²) in [5, 5.41) is 0.432. The zero-order chi connectivity index (χ0) is 21.2. The number of hydrogen-bond acceptors (Lipinski definition) is 4. The van der Waals surface area contributed by atoms with E-state index in [4.69, 9.17) is 11.6 Å². The number of rotatable bonds is 6. The molecule has 160 valence electrons. The van der Waals surface area contributed by atoms with Gasteiger partial charge in [0.1, 0.15) is 10.7 Å². The van der Waals surface area contributed by atoms with Crippen LogP contribution in [0, 0.1) is 0 Å². The fourth-order valence-electron chi connectivity index (χ4n) is 4.48. The highest BCUT2D eigenvalue weighted by molar-refractivity contribution is 6.29. The summed E-state index contributed by atoms with van der Waals surface area (Å²) in [6, 6.07) is 18.0. The molecule has 3 aromatic heterocycles. The third-order valence-corrected chi connectivity index (χ3v) is 6.33. The number of halogens is 1. The molecule has 0 saturated carbocycles. The van der Waals surface area contributed by atoms with E-state index in [9.17, 15) is 4.79 Å². The third-order valence-electron chi connectivity index (χ3n) is 6.12. The van der Waals surface area contributed by atoms with Crippen molar-refractivity contribution in [1.29, 1.82) is 0 Å². The van der Waals surface area contributed by atoms with E-state index in [0.29, 0.717) is 17.2 Å². The van der Waals surface area contributed by atoms with E-state index in [1.165, 1.54) is 5.56 Å². The van der Waals surface area contributed by atoms with Crippen molar-refractivity contribution >= 4 is 28.3 Å². The van der Waals surface area contributed by atoms with E-state index in [0.717, 1.165) is 56.9 Å². The maximum atomic E-state index is 13.0. The maximum absolute atomic E-state index is 13.0. The van der Waals surface area contributed by atoms with E-state index in [2.05, 4.69) is 45.1 Å². The zero-order valence-electron chi connectivity index (χ0n) is 17.5. The molecule has 0 bridgehead atoms. The number of aryl methyl sites for hydroxylation is 1. The van der Waals surface area contributed by atoms with E-state index in [1.54, 1.807) is 6.07 Å². The van der Waals surface area contributed by atoms with Crippen molar-refractivity contribution in [2.45, 2.75) is 19.5 Å². The molecule has 1 aliphatic rings. The number of fused-ring (bicyclic) bond motifs is 3. The van der Waals surface area contributed by atoms with Crippen LogP contribution in [-0.4, -0.2) is 56.5 Å². The summed E-state index contributed by atoms with van der Waals surface area (Å²) in [6.07, 6.45) is 2.79. The van der Waals surface area contributed by atoms with Crippen LogP contribution in [0.25, 0.3) is 16.7 Å². The molecule has 1 aliphatic heterocycles. The standard InChI is InChI=1S/C24H26ClN5O/c25-22-10-9-20-23(26-22)29-12-4-8-21(29)24(31)30(20)13-5-11-27-14-16-28(17-15-27)18-19-6-2-1-3-7-19/h1-4,6-10,12H,5,11,13-18H2. The number of hydrogen-bond donors (Lipinski definition) is 0. The molecule has 1 aromatic carbocycles. The topological polar surface area (TPSA) is 45.8 Å². The van der Waals surface area contributed by atoms with Crippen LogP contribution in [0.2, 0.25) is 5.15 Å². The summed E-state index contributed by atoms with van der Waals surface area (Å²) in [6.45, 7) is 6.97. The molecule has 1 saturated heterocycles. The normalized spacial score (nSPS) is 15.8. The molecule has 5 rings (SSSR count). The second-order valence-electron chi connectivity index (χ2n) is 8.15. The average molecular weight is 436 g/mol. The lowest BCUT2D eigenvalue weighted by atomic mass is 10.2. The van der Waals surface area contributed by atoms with Gasteiger partial charge in [-0.15, -0.1) is 0 Å². The van der Waals surface area contributed by atoms with Gasteiger partial charge in [0.25, 0.3) is 5.56 Å². The first-order valence-corrected chi connectivity index (χ1v) is 11.2. The predicted molar refractivity (Wildman–Crippen MR) is 125 cm³/mol. The molecule has 0 amide bonds. The Hall–Kier alpha value is -2.67. The molecule has 0 radical (unpaired) electrons. The van der Waals surface area contributed by atoms with Gasteiger partial charge in [-0.1, -0.05) is 41.9 Å². The van der Waals surface area contributed by atoms with Crippen LogP contribution in [-0.2, 0) is 13.1 Å². The van der Waals surface area contributed by atoms with Gasteiger partial charge in [0.15, 0.2) is 5.65 Å². The first-order valence-electron chi connectivity index (χ1n) is 10.8. The van der Waals surface area contributed by atoms with Crippen molar-refractivity contribution in [3.63, 3.8) is 0 Å². The Morgan fingerprint density at radius 2 is 1.61 bits per heavy atom. The second-order valence-corrected chi connectivity index (χ2v) is 8.54. The van der Waals surface area contributed by atoms with Crippen LogP contribution in [0.3, 0.4) is 0 Å². The average Bonchev–Trinajstić information content (AvgIpc) is 3.29. The van der Waals surface area contributed by atoms with Gasteiger partial charge < -0.3 is 9.47 Å². The van der Waals surface area contributed by atoms with Crippen molar-refractivity contribution in [2.75, 3.05) is 32.7 Å². The lowest BCUT2D eigenvalue weighted by Crippen LogP contribution is -2.46. The van der Waals surface area contributed by atoms with Crippen LogP contribution < -0.4 is 5.56 Å². The molecule has 4 heterocycles. The third kappa shape index (κ3) is 4.24. The van der Waals surface area contributed by atoms with Crippen LogP contribution in [0.15, 0.2) is 65.6 Å². The smallest absolute Gasteiger partial charge is 0.275 e. The highest BCUT2D eigenvalue weighted by atomic mass is 35.5. The van der Waals surface area contributed by atoms with Crippen LogP contribution in [0.5, 0.6) is 0 Å². The van der Waals surface area contributed by atoms with Gasteiger partial charge in [0.2, 0.25) is 0 Å². The Kier molecular flexibility index (Phi) is 5.76. The van der Waals surface area contributed by atoms with E-state index < -0.39 is 0 Å². The molecule has 1 fully saturated rings. The molecule has 31 heavy (non-hydrogen) atoms. The van der Waals surface area contributed by atoms with Crippen LogP contribution >= 0.6 is 11.6 Å². The molecule has 7 heteroatoms. The molecular formula is C24H26ClN5O. The molecule has 6 nitrogen and oxygen atoms in total. The Bertz CT molecular complexity index is 1240. The largest absolute Gasteiger partial charge is 0.304 e. The molecule has 0 N–H and O–H groups in total. The Balaban J connectivity index is 1.23. The molecule has 4 aromatic rings. The molecular weight excluding hydrogens is 410 g/mol. The van der Waals surface area contributed by atoms with Crippen LogP contribution in [0.4, 0.5) is 0 Å². The Labute approximate surface area is 186 Å². The fraction of sp³-hybridized carbons (Fsp3) is 0.333. The molecule has 0 spiro atoms. The summed E-state index contributed by atoms with van der Waals surface area (Å²) in [4.78, 5) is 22.5. The molecule has 0 atom stereocenters. The minimum absolute atomic E-state index is 0.0225. The zero-order valence-corrected chi connectivity index (χ0v) is 18.2. The Morgan fingerprint density at radius 1 is 0.839 bits per heavy atom. The van der Waals surface area contributed by atoms with Gasteiger partial charge in [-0.2, -0.15) is 0 Å². The lowest BCUT2D eigenvalue weighted by molar-refractivity contribution is 0.125. The highest BCUT2D eigenvalue weighted by Crippen LogP contribution is 2.17. The van der Waals surface area contributed by atoms with E-state index in [-0.39, 0.29) is 5.56 Å². The summed E-state index contributed by atoms with van der Waals surface area (Å²) in [5.74, 6) is 0. The minimum atomic E-state index is 0.0225. The van der Waals surface area contributed by atoms with Crippen molar-refractivity contribution in [3.05, 3.63) is 81.9 Å². The quantitative estimate of drug-likeness (QED) is 0.435. The van der Waals surface area contributed by atoms with Gasteiger partial charge in [0, 0.05) is 45.5 Å².